The summed E-state index contributed by atoms with van der Waals surface area (Å²) in [6, 6.07) is 8.04. The lowest BCUT2D eigenvalue weighted by atomic mass is 9.98. The van der Waals surface area contributed by atoms with Gasteiger partial charge in [0.2, 0.25) is 0 Å². The highest BCUT2D eigenvalue weighted by molar-refractivity contribution is 5.35. The highest BCUT2D eigenvalue weighted by atomic mass is 16.5. The third kappa shape index (κ3) is 3.20. The largest absolute Gasteiger partial charge is 0.454 e. The maximum atomic E-state index is 5.88. The molecule has 0 spiro atoms. The number of hydrogen-bond donors (Lipinski definition) is 1. The van der Waals surface area contributed by atoms with Crippen molar-refractivity contribution in [2.45, 2.75) is 26.3 Å². The van der Waals surface area contributed by atoms with Crippen molar-refractivity contribution in [3.63, 3.8) is 0 Å². The van der Waals surface area contributed by atoms with Gasteiger partial charge in [-0.3, -0.25) is 4.68 Å². The summed E-state index contributed by atoms with van der Waals surface area (Å²) in [4.78, 5) is 0. The van der Waals surface area contributed by atoms with Gasteiger partial charge in [0.25, 0.3) is 0 Å². The van der Waals surface area contributed by atoms with Crippen LogP contribution in [0.15, 0.2) is 36.7 Å². The first-order valence-electron chi connectivity index (χ1n) is 7.28. The lowest BCUT2D eigenvalue weighted by Crippen LogP contribution is -2.29. The second kappa shape index (κ2) is 6.09. The van der Waals surface area contributed by atoms with Crippen LogP contribution in [0.4, 0.5) is 0 Å². The van der Waals surface area contributed by atoms with E-state index in [4.69, 9.17) is 4.74 Å². The number of aryl methyl sites for hydroxylation is 1. The third-order valence-corrected chi connectivity index (χ3v) is 3.83. The second-order valence-electron chi connectivity index (χ2n) is 5.46. The average molecular weight is 271 g/mol. The van der Waals surface area contributed by atoms with Gasteiger partial charge in [0, 0.05) is 6.54 Å². The molecule has 0 aliphatic carbocycles. The molecule has 1 aromatic carbocycles. The van der Waals surface area contributed by atoms with Crippen LogP contribution in [0.2, 0.25) is 0 Å². The lowest BCUT2D eigenvalue weighted by Gasteiger charge is -2.22. The van der Waals surface area contributed by atoms with E-state index < -0.39 is 0 Å². The van der Waals surface area contributed by atoms with Gasteiger partial charge in [-0.25, -0.2) is 0 Å². The minimum atomic E-state index is 0.725. The highest BCUT2D eigenvalue weighted by Crippen LogP contribution is 2.24. The first kappa shape index (κ1) is 13.2. The van der Waals surface area contributed by atoms with Crippen molar-refractivity contribution in [2.75, 3.05) is 13.1 Å². The van der Waals surface area contributed by atoms with Crippen LogP contribution in [0.1, 0.15) is 18.4 Å². The monoisotopic (exact) mass is 271 g/mol. The molecule has 1 aliphatic rings. The van der Waals surface area contributed by atoms with Crippen molar-refractivity contribution in [2.24, 2.45) is 5.92 Å². The molecule has 1 N–H and O–H groups in total. The minimum Gasteiger partial charge on any atom is -0.454 e. The van der Waals surface area contributed by atoms with Crippen molar-refractivity contribution in [3.8, 4) is 11.5 Å². The van der Waals surface area contributed by atoms with E-state index in [1.165, 1.54) is 12.8 Å². The van der Waals surface area contributed by atoms with Gasteiger partial charge >= 0.3 is 0 Å². The number of piperidine rings is 1. The number of rotatable bonds is 4. The Bertz CT molecular complexity index is 558. The number of hydrogen-bond acceptors (Lipinski definition) is 3. The Labute approximate surface area is 119 Å². The maximum absolute atomic E-state index is 5.88. The molecule has 1 saturated heterocycles. The topological polar surface area (TPSA) is 39.1 Å². The lowest BCUT2D eigenvalue weighted by molar-refractivity contribution is 0.321. The van der Waals surface area contributed by atoms with E-state index in [9.17, 15) is 0 Å². The van der Waals surface area contributed by atoms with Crippen molar-refractivity contribution in [1.29, 1.82) is 0 Å². The van der Waals surface area contributed by atoms with Crippen LogP contribution in [0, 0.1) is 12.8 Å². The summed E-state index contributed by atoms with van der Waals surface area (Å²) < 4.78 is 7.89. The highest BCUT2D eigenvalue weighted by Gasteiger charge is 2.14. The molecule has 0 bridgehead atoms. The predicted molar refractivity (Wildman–Crippen MR) is 79.1 cm³/mol. The number of nitrogens with zero attached hydrogens (tertiary/aromatic N) is 2. The number of nitrogens with one attached hydrogen (secondary N) is 1. The summed E-state index contributed by atoms with van der Waals surface area (Å²) in [7, 11) is 0. The van der Waals surface area contributed by atoms with Crippen molar-refractivity contribution < 1.29 is 4.74 Å². The first-order valence-corrected chi connectivity index (χ1v) is 7.28. The van der Waals surface area contributed by atoms with E-state index in [2.05, 4.69) is 23.4 Å². The van der Waals surface area contributed by atoms with Crippen LogP contribution < -0.4 is 10.1 Å². The van der Waals surface area contributed by atoms with Gasteiger partial charge in [0.05, 0.1) is 12.4 Å². The van der Waals surface area contributed by atoms with E-state index in [1.807, 2.05) is 29.1 Å². The first-order chi connectivity index (χ1) is 9.81. The molecule has 0 unspecified atom stereocenters. The maximum Gasteiger partial charge on any atom is 0.165 e. The van der Waals surface area contributed by atoms with E-state index in [0.717, 1.165) is 42.6 Å². The molecule has 1 aromatic heterocycles. The average Bonchev–Trinajstić information content (AvgIpc) is 2.90. The van der Waals surface area contributed by atoms with Crippen LogP contribution in [0.3, 0.4) is 0 Å². The van der Waals surface area contributed by atoms with Crippen molar-refractivity contribution in [3.05, 3.63) is 42.2 Å². The quantitative estimate of drug-likeness (QED) is 0.929. The Balaban J connectivity index is 1.63. The van der Waals surface area contributed by atoms with Crippen LogP contribution in [0.5, 0.6) is 11.5 Å². The van der Waals surface area contributed by atoms with Gasteiger partial charge in [-0.05, 0) is 50.4 Å². The molecule has 2 heterocycles. The summed E-state index contributed by atoms with van der Waals surface area (Å²) in [6.07, 6.45) is 6.25. The zero-order chi connectivity index (χ0) is 13.8. The molecular weight excluding hydrogens is 250 g/mol. The summed E-state index contributed by atoms with van der Waals surface area (Å²) in [6.45, 7) is 5.28. The standard InChI is InChI=1S/C16H21N3O/c1-13-4-2-3-5-16(13)20-15-10-18-19(12-15)11-14-6-8-17-9-7-14/h2-5,10,12,14,17H,6-9,11H2,1H3. The Kier molecular flexibility index (Phi) is 4.02. The fraction of sp³-hybridized carbons (Fsp3) is 0.438. The summed E-state index contributed by atoms with van der Waals surface area (Å²) in [5.74, 6) is 2.43. The van der Waals surface area contributed by atoms with E-state index >= 15 is 0 Å². The van der Waals surface area contributed by atoms with Crippen LogP contribution in [0.25, 0.3) is 0 Å². The van der Waals surface area contributed by atoms with Crippen molar-refractivity contribution >= 4 is 0 Å². The molecule has 106 valence electrons. The number of benzene rings is 1. The van der Waals surface area contributed by atoms with E-state index in [1.54, 1.807) is 6.20 Å². The molecule has 0 radical (unpaired) electrons. The second-order valence-corrected chi connectivity index (χ2v) is 5.46. The normalized spacial score (nSPS) is 16.2. The van der Waals surface area contributed by atoms with Crippen LogP contribution >= 0.6 is 0 Å². The molecule has 0 saturated carbocycles. The van der Waals surface area contributed by atoms with Crippen molar-refractivity contribution in [1.82, 2.24) is 15.1 Å². The van der Waals surface area contributed by atoms with E-state index in [-0.39, 0.29) is 0 Å². The Morgan fingerprint density at radius 1 is 1.30 bits per heavy atom. The molecule has 2 aromatic rings. The Hall–Kier alpha value is -1.81. The zero-order valence-corrected chi connectivity index (χ0v) is 11.9. The molecular formula is C16H21N3O. The fourth-order valence-electron chi connectivity index (χ4n) is 2.62. The summed E-state index contributed by atoms with van der Waals surface area (Å²) in [5, 5.41) is 7.80. The third-order valence-electron chi connectivity index (χ3n) is 3.83. The van der Waals surface area contributed by atoms with E-state index in [0.29, 0.717) is 0 Å². The van der Waals surface area contributed by atoms with Crippen LogP contribution in [-0.4, -0.2) is 22.9 Å². The Morgan fingerprint density at radius 3 is 2.90 bits per heavy atom. The van der Waals surface area contributed by atoms with Gasteiger partial charge in [0.1, 0.15) is 5.75 Å². The van der Waals surface area contributed by atoms with Crippen LogP contribution in [-0.2, 0) is 6.54 Å². The number of aromatic nitrogens is 2. The van der Waals surface area contributed by atoms with Gasteiger partial charge in [-0.2, -0.15) is 5.10 Å². The summed E-state index contributed by atoms with van der Waals surface area (Å²) in [5.41, 5.74) is 1.14. The minimum absolute atomic E-state index is 0.725. The predicted octanol–water partition coefficient (Wildman–Crippen LogP) is 2.98. The van der Waals surface area contributed by atoms with Gasteiger partial charge < -0.3 is 10.1 Å². The molecule has 3 rings (SSSR count). The smallest absolute Gasteiger partial charge is 0.165 e. The molecule has 1 aliphatic heterocycles. The molecule has 0 amide bonds. The number of ether oxygens (including phenoxy) is 1. The SMILES string of the molecule is Cc1ccccc1Oc1cnn(CC2CCNCC2)c1. The molecule has 1 fully saturated rings. The summed E-state index contributed by atoms with van der Waals surface area (Å²) >= 11 is 0. The van der Waals surface area contributed by atoms with Gasteiger partial charge in [-0.15, -0.1) is 0 Å². The molecule has 4 nitrogen and oxygen atoms in total. The van der Waals surface area contributed by atoms with Gasteiger partial charge in [0.15, 0.2) is 5.75 Å². The number of para-hydroxylation sites is 1. The van der Waals surface area contributed by atoms with Gasteiger partial charge in [-0.1, -0.05) is 18.2 Å². The fourth-order valence-corrected chi connectivity index (χ4v) is 2.62. The molecule has 20 heavy (non-hydrogen) atoms. The molecule has 4 heteroatoms. The Morgan fingerprint density at radius 2 is 2.10 bits per heavy atom. The zero-order valence-electron chi connectivity index (χ0n) is 11.9. The molecule has 0 atom stereocenters.